The summed E-state index contributed by atoms with van der Waals surface area (Å²) in [6, 6.07) is 11.6. The number of halogens is 3. The third kappa shape index (κ3) is 5.00. The van der Waals surface area contributed by atoms with E-state index in [1.807, 2.05) is 0 Å². The Bertz CT molecular complexity index is 1060. The molecule has 0 aliphatic rings. The lowest BCUT2D eigenvalue weighted by Crippen LogP contribution is -2.16. The third-order valence-corrected chi connectivity index (χ3v) is 4.98. The average Bonchev–Trinajstić information content (AvgIpc) is 2.93. The van der Waals surface area contributed by atoms with Crippen molar-refractivity contribution in [1.82, 2.24) is 4.98 Å². The first kappa shape index (κ1) is 19.2. The number of benzene rings is 2. The Balaban J connectivity index is 1.81. The van der Waals surface area contributed by atoms with Crippen molar-refractivity contribution in [1.29, 1.82) is 0 Å². The zero-order valence-corrected chi connectivity index (χ0v) is 15.1. The summed E-state index contributed by atoms with van der Waals surface area (Å²) in [6.45, 7) is 1.72. The maximum Gasteiger partial charge on any atom is 0.389 e. The number of aryl methyl sites for hydroxylation is 1. The number of aromatic nitrogens is 1. The molecule has 0 bridgehead atoms. The Morgan fingerprint density at radius 1 is 1.15 bits per heavy atom. The standard InChI is InChI=1S/C18H16F3NO4S/c1-12-22-17-15(7-3-8-16(17)25-12)13-5-2-6-14(11-13)26-27(23,24)10-4-9-18(19,20)21/h2-3,5-8,11H,4,9-10H2,1H3. The molecule has 3 rings (SSSR count). The van der Waals surface area contributed by atoms with E-state index in [1.165, 1.54) is 12.1 Å². The van der Waals surface area contributed by atoms with Crippen LogP contribution in [0.5, 0.6) is 5.75 Å². The minimum Gasteiger partial charge on any atom is -0.441 e. The van der Waals surface area contributed by atoms with E-state index >= 15 is 0 Å². The van der Waals surface area contributed by atoms with Gasteiger partial charge in [0.1, 0.15) is 11.3 Å². The second-order valence-corrected chi connectivity index (χ2v) is 7.67. The van der Waals surface area contributed by atoms with Gasteiger partial charge in [-0.15, -0.1) is 0 Å². The average molecular weight is 399 g/mol. The van der Waals surface area contributed by atoms with Gasteiger partial charge in [0.25, 0.3) is 0 Å². The summed E-state index contributed by atoms with van der Waals surface area (Å²) in [6.07, 6.45) is -6.13. The van der Waals surface area contributed by atoms with Crippen molar-refractivity contribution >= 4 is 21.2 Å². The summed E-state index contributed by atoms with van der Waals surface area (Å²) in [5.74, 6) is -0.191. The summed E-state index contributed by atoms with van der Waals surface area (Å²) in [5.41, 5.74) is 2.59. The molecule has 1 heterocycles. The van der Waals surface area contributed by atoms with Crippen LogP contribution in [0, 0.1) is 6.92 Å². The Morgan fingerprint density at radius 2 is 1.89 bits per heavy atom. The van der Waals surface area contributed by atoms with Gasteiger partial charge in [0, 0.05) is 18.9 Å². The van der Waals surface area contributed by atoms with Crippen molar-refractivity contribution in [2.45, 2.75) is 25.9 Å². The molecule has 27 heavy (non-hydrogen) atoms. The van der Waals surface area contributed by atoms with Crippen molar-refractivity contribution < 1.29 is 30.2 Å². The predicted molar refractivity (Wildman–Crippen MR) is 93.9 cm³/mol. The third-order valence-electron chi connectivity index (χ3n) is 3.75. The van der Waals surface area contributed by atoms with Crippen LogP contribution in [-0.4, -0.2) is 25.3 Å². The van der Waals surface area contributed by atoms with Gasteiger partial charge in [0.15, 0.2) is 11.5 Å². The summed E-state index contributed by atoms with van der Waals surface area (Å²) < 4.78 is 70.8. The van der Waals surface area contributed by atoms with Crippen molar-refractivity contribution in [3.63, 3.8) is 0 Å². The lowest BCUT2D eigenvalue weighted by Gasteiger charge is -2.10. The van der Waals surface area contributed by atoms with Crippen molar-refractivity contribution in [2.75, 3.05) is 5.75 Å². The van der Waals surface area contributed by atoms with Crippen molar-refractivity contribution in [2.24, 2.45) is 0 Å². The lowest BCUT2D eigenvalue weighted by molar-refractivity contribution is -0.134. The molecule has 9 heteroatoms. The number of alkyl halides is 3. The highest BCUT2D eigenvalue weighted by atomic mass is 32.2. The van der Waals surface area contributed by atoms with Crippen LogP contribution in [0.3, 0.4) is 0 Å². The summed E-state index contributed by atoms with van der Waals surface area (Å²) in [4.78, 5) is 4.32. The van der Waals surface area contributed by atoms with E-state index in [0.717, 1.165) is 5.56 Å². The minimum atomic E-state index is -4.40. The van der Waals surface area contributed by atoms with Crippen LogP contribution in [0.25, 0.3) is 22.2 Å². The Hall–Kier alpha value is -2.55. The highest BCUT2D eigenvalue weighted by molar-refractivity contribution is 7.87. The molecule has 0 saturated heterocycles. The van der Waals surface area contributed by atoms with Crippen LogP contribution in [-0.2, 0) is 10.1 Å². The first-order valence-corrected chi connectivity index (χ1v) is 9.66. The Kier molecular flexibility index (Phi) is 5.14. The van der Waals surface area contributed by atoms with Crippen molar-refractivity contribution in [3.05, 3.63) is 48.4 Å². The van der Waals surface area contributed by atoms with Crippen LogP contribution in [0.1, 0.15) is 18.7 Å². The van der Waals surface area contributed by atoms with Gasteiger partial charge in [0.2, 0.25) is 0 Å². The number of oxazole rings is 1. The number of para-hydroxylation sites is 1. The molecule has 1 aromatic heterocycles. The van der Waals surface area contributed by atoms with E-state index in [9.17, 15) is 21.6 Å². The maximum absolute atomic E-state index is 12.2. The molecule has 0 unspecified atom stereocenters. The number of hydrogen-bond donors (Lipinski definition) is 0. The molecule has 3 aromatic rings. The van der Waals surface area contributed by atoms with E-state index in [0.29, 0.717) is 22.6 Å². The van der Waals surface area contributed by atoms with Gasteiger partial charge in [-0.1, -0.05) is 24.3 Å². The topological polar surface area (TPSA) is 69.4 Å². The maximum atomic E-state index is 12.2. The minimum absolute atomic E-state index is 0.0247. The largest absolute Gasteiger partial charge is 0.441 e. The van der Waals surface area contributed by atoms with E-state index in [2.05, 4.69) is 4.98 Å². The molecule has 0 aliphatic heterocycles. The van der Waals surface area contributed by atoms with E-state index < -0.39 is 34.9 Å². The number of rotatable bonds is 6. The second kappa shape index (κ2) is 7.22. The molecule has 0 saturated carbocycles. The first-order chi connectivity index (χ1) is 12.6. The van der Waals surface area contributed by atoms with Crippen LogP contribution in [0.15, 0.2) is 46.9 Å². The molecular formula is C18H16F3NO4S. The quantitative estimate of drug-likeness (QED) is 0.554. The van der Waals surface area contributed by atoms with Gasteiger partial charge in [-0.25, -0.2) is 4.98 Å². The highest BCUT2D eigenvalue weighted by Gasteiger charge is 2.28. The monoisotopic (exact) mass is 399 g/mol. The fourth-order valence-corrected chi connectivity index (χ4v) is 3.62. The number of hydrogen-bond acceptors (Lipinski definition) is 5. The van der Waals surface area contributed by atoms with Crippen LogP contribution in [0.4, 0.5) is 13.2 Å². The van der Waals surface area contributed by atoms with E-state index in [-0.39, 0.29) is 5.75 Å². The smallest absolute Gasteiger partial charge is 0.389 e. The fraction of sp³-hybridized carbons (Fsp3) is 0.278. The Labute approximate surface area is 153 Å². The first-order valence-electron chi connectivity index (χ1n) is 8.08. The lowest BCUT2D eigenvalue weighted by atomic mass is 10.0. The number of nitrogens with zero attached hydrogens (tertiary/aromatic N) is 1. The van der Waals surface area contributed by atoms with Crippen LogP contribution in [0.2, 0.25) is 0 Å². The van der Waals surface area contributed by atoms with Gasteiger partial charge in [-0.3, -0.25) is 0 Å². The fourth-order valence-electron chi connectivity index (χ4n) is 2.65. The van der Waals surface area contributed by atoms with Gasteiger partial charge in [0.05, 0.1) is 5.75 Å². The molecule has 0 atom stereocenters. The normalized spacial score (nSPS) is 12.4. The molecule has 5 nitrogen and oxygen atoms in total. The van der Waals surface area contributed by atoms with Gasteiger partial charge in [-0.2, -0.15) is 21.6 Å². The van der Waals surface area contributed by atoms with Gasteiger partial charge >= 0.3 is 16.3 Å². The molecule has 0 fully saturated rings. The zero-order valence-electron chi connectivity index (χ0n) is 14.3. The zero-order chi connectivity index (χ0) is 19.7. The molecule has 2 aromatic carbocycles. The molecule has 0 amide bonds. The van der Waals surface area contributed by atoms with Gasteiger partial charge in [-0.05, 0) is 30.2 Å². The second-order valence-electron chi connectivity index (χ2n) is 5.98. The summed E-state index contributed by atoms with van der Waals surface area (Å²) in [7, 11) is -4.13. The highest BCUT2D eigenvalue weighted by Crippen LogP contribution is 2.31. The van der Waals surface area contributed by atoms with Crippen LogP contribution >= 0.6 is 0 Å². The molecule has 0 radical (unpaired) electrons. The molecule has 0 aliphatic carbocycles. The van der Waals surface area contributed by atoms with E-state index in [4.69, 9.17) is 8.60 Å². The summed E-state index contributed by atoms with van der Waals surface area (Å²) >= 11 is 0. The summed E-state index contributed by atoms with van der Waals surface area (Å²) in [5, 5.41) is 0. The Morgan fingerprint density at radius 3 is 2.63 bits per heavy atom. The van der Waals surface area contributed by atoms with Crippen molar-refractivity contribution in [3.8, 4) is 16.9 Å². The molecule has 0 spiro atoms. The van der Waals surface area contributed by atoms with Crippen LogP contribution < -0.4 is 4.18 Å². The van der Waals surface area contributed by atoms with E-state index in [1.54, 1.807) is 37.3 Å². The SMILES string of the molecule is Cc1nc2c(-c3cccc(OS(=O)(=O)CCCC(F)(F)F)c3)cccc2o1. The van der Waals surface area contributed by atoms with Gasteiger partial charge < -0.3 is 8.60 Å². The molecule has 144 valence electrons. The number of fused-ring (bicyclic) bond motifs is 1. The molecule has 0 N–H and O–H groups in total. The molecular weight excluding hydrogens is 383 g/mol. The predicted octanol–water partition coefficient (Wildman–Crippen LogP) is 4.85.